The topological polar surface area (TPSA) is 52.9 Å². The maximum absolute atomic E-state index is 13.0. The van der Waals surface area contributed by atoms with Crippen LogP contribution in [0, 0.1) is 34.9 Å². The molecule has 0 aromatic heterocycles. The lowest BCUT2D eigenvalue weighted by atomic mass is 9.86. The van der Waals surface area contributed by atoms with Gasteiger partial charge in [0.25, 0.3) is 0 Å². The van der Waals surface area contributed by atoms with Crippen LogP contribution in [0.25, 0.3) is 0 Å². The number of hydrogen-bond acceptors (Lipinski definition) is 2. The lowest BCUT2D eigenvalue weighted by molar-refractivity contribution is -0.117. The third-order valence-electron chi connectivity index (χ3n) is 4.71. The molecule has 2 fully saturated rings. The highest BCUT2D eigenvalue weighted by Crippen LogP contribution is 2.49. The zero-order valence-electron chi connectivity index (χ0n) is 11.2. The van der Waals surface area contributed by atoms with Gasteiger partial charge in [0.2, 0.25) is 5.91 Å². The molecule has 20 heavy (non-hydrogen) atoms. The fraction of sp³-hybridized carbons (Fsp3) is 0.500. The number of nitrogens with zero attached hydrogens (tertiary/aromatic N) is 1. The van der Waals surface area contributed by atoms with E-state index in [0.717, 1.165) is 18.4 Å². The molecule has 2 bridgehead atoms. The standard InChI is InChI=1S/C16H17FN2O/c17-14-3-4-15(13(7-14)9-18)19-16(20)8-12-6-10-1-2-11(12)5-10/h3-4,7,10-12H,1-2,5-6,8H2,(H,19,20). The van der Waals surface area contributed by atoms with Crippen molar-refractivity contribution in [3.05, 3.63) is 29.6 Å². The molecule has 2 aliphatic rings. The average molecular weight is 272 g/mol. The van der Waals surface area contributed by atoms with Crippen molar-refractivity contribution < 1.29 is 9.18 Å². The summed E-state index contributed by atoms with van der Waals surface area (Å²) in [4.78, 5) is 12.1. The molecule has 2 aliphatic carbocycles. The number of rotatable bonds is 3. The zero-order chi connectivity index (χ0) is 14.1. The molecule has 3 atom stereocenters. The number of hydrogen-bond donors (Lipinski definition) is 1. The van der Waals surface area contributed by atoms with Crippen LogP contribution in [0.15, 0.2) is 18.2 Å². The maximum atomic E-state index is 13.0. The number of anilines is 1. The van der Waals surface area contributed by atoms with Crippen LogP contribution in [0.4, 0.5) is 10.1 Å². The molecule has 0 saturated heterocycles. The summed E-state index contributed by atoms with van der Waals surface area (Å²) in [6.07, 6.45) is 5.52. The first kappa shape index (κ1) is 13.1. The largest absolute Gasteiger partial charge is 0.325 e. The molecular formula is C16H17FN2O. The number of fused-ring (bicyclic) bond motifs is 2. The average Bonchev–Trinajstić information content (AvgIpc) is 3.03. The number of amides is 1. The van der Waals surface area contributed by atoms with Crippen molar-refractivity contribution in [1.29, 1.82) is 5.26 Å². The molecule has 0 aliphatic heterocycles. The van der Waals surface area contributed by atoms with Crippen molar-refractivity contribution in [2.45, 2.75) is 32.1 Å². The molecule has 0 spiro atoms. The van der Waals surface area contributed by atoms with E-state index in [4.69, 9.17) is 5.26 Å². The van der Waals surface area contributed by atoms with Gasteiger partial charge >= 0.3 is 0 Å². The molecule has 1 aromatic carbocycles. The molecule has 3 nitrogen and oxygen atoms in total. The summed E-state index contributed by atoms with van der Waals surface area (Å²) in [7, 11) is 0. The van der Waals surface area contributed by atoms with Gasteiger partial charge in [-0.15, -0.1) is 0 Å². The van der Waals surface area contributed by atoms with E-state index < -0.39 is 5.82 Å². The molecular weight excluding hydrogens is 255 g/mol. The summed E-state index contributed by atoms with van der Waals surface area (Å²) < 4.78 is 13.0. The molecule has 1 amide bonds. The Hall–Kier alpha value is -1.89. The van der Waals surface area contributed by atoms with Crippen molar-refractivity contribution in [3.8, 4) is 6.07 Å². The molecule has 0 radical (unpaired) electrons. The van der Waals surface area contributed by atoms with Crippen molar-refractivity contribution >= 4 is 11.6 Å². The van der Waals surface area contributed by atoms with Gasteiger partial charge < -0.3 is 5.32 Å². The summed E-state index contributed by atoms with van der Waals surface area (Å²) in [5, 5.41) is 11.7. The predicted molar refractivity (Wildman–Crippen MR) is 73.3 cm³/mol. The zero-order valence-corrected chi connectivity index (χ0v) is 11.2. The number of nitriles is 1. The monoisotopic (exact) mass is 272 g/mol. The SMILES string of the molecule is N#Cc1cc(F)ccc1NC(=O)CC1CC2CCC1C2. The molecule has 1 N–H and O–H groups in total. The van der Waals surface area contributed by atoms with Crippen molar-refractivity contribution in [2.24, 2.45) is 17.8 Å². The Bertz CT molecular complexity index is 578. The first-order valence-electron chi connectivity index (χ1n) is 7.15. The van der Waals surface area contributed by atoms with Gasteiger partial charge in [-0.3, -0.25) is 4.79 Å². The second kappa shape index (κ2) is 5.24. The molecule has 1 aromatic rings. The van der Waals surface area contributed by atoms with Gasteiger partial charge in [0.1, 0.15) is 11.9 Å². The van der Waals surface area contributed by atoms with Crippen LogP contribution in [0.1, 0.15) is 37.7 Å². The van der Waals surface area contributed by atoms with E-state index in [1.165, 1.54) is 31.4 Å². The number of nitrogens with one attached hydrogen (secondary N) is 1. The van der Waals surface area contributed by atoms with Crippen LogP contribution in [0.2, 0.25) is 0 Å². The van der Waals surface area contributed by atoms with Gasteiger partial charge in [0.15, 0.2) is 0 Å². The van der Waals surface area contributed by atoms with Crippen LogP contribution in [0.3, 0.4) is 0 Å². The first-order valence-corrected chi connectivity index (χ1v) is 7.15. The van der Waals surface area contributed by atoms with Crippen LogP contribution in [-0.2, 0) is 4.79 Å². The van der Waals surface area contributed by atoms with E-state index in [9.17, 15) is 9.18 Å². The van der Waals surface area contributed by atoms with E-state index in [1.807, 2.05) is 6.07 Å². The lowest BCUT2D eigenvalue weighted by Gasteiger charge is -2.21. The highest BCUT2D eigenvalue weighted by molar-refractivity contribution is 5.92. The summed E-state index contributed by atoms with van der Waals surface area (Å²) >= 11 is 0. The van der Waals surface area contributed by atoms with Crippen molar-refractivity contribution in [2.75, 3.05) is 5.32 Å². The third-order valence-corrected chi connectivity index (χ3v) is 4.71. The molecule has 0 heterocycles. The maximum Gasteiger partial charge on any atom is 0.224 e. The van der Waals surface area contributed by atoms with E-state index in [2.05, 4.69) is 5.32 Å². The van der Waals surface area contributed by atoms with Gasteiger partial charge in [0.05, 0.1) is 11.3 Å². The van der Waals surface area contributed by atoms with Crippen LogP contribution in [0.5, 0.6) is 0 Å². The second-order valence-corrected chi connectivity index (χ2v) is 5.99. The normalized spacial score (nSPS) is 27.3. The van der Waals surface area contributed by atoms with Crippen LogP contribution in [-0.4, -0.2) is 5.91 Å². The van der Waals surface area contributed by atoms with Crippen LogP contribution < -0.4 is 5.32 Å². The fourth-order valence-electron chi connectivity index (χ4n) is 3.78. The van der Waals surface area contributed by atoms with E-state index >= 15 is 0 Å². The smallest absolute Gasteiger partial charge is 0.224 e. The molecule has 3 unspecified atom stereocenters. The summed E-state index contributed by atoms with van der Waals surface area (Å²) in [6.45, 7) is 0. The minimum absolute atomic E-state index is 0.0642. The summed E-state index contributed by atoms with van der Waals surface area (Å²) in [6, 6.07) is 5.76. The summed E-state index contributed by atoms with van der Waals surface area (Å²) in [5.74, 6) is 1.48. The minimum atomic E-state index is -0.465. The van der Waals surface area contributed by atoms with Gasteiger partial charge in [-0.2, -0.15) is 5.26 Å². The highest BCUT2D eigenvalue weighted by atomic mass is 19.1. The van der Waals surface area contributed by atoms with Gasteiger partial charge in [-0.05, 0) is 55.2 Å². The Kier molecular flexibility index (Phi) is 3.43. The lowest BCUT2D eigenvalue weighted by Crippen LogP contribution is -2.20. The van der Waals surface area contributed by atoms with E-state index in [-0.39, 0.29) is 11.5 Å². The fourth-order valence-corrected chi connectivity index (χ4v) is 3.78. The number of carbonyl (C=O) groups excluding carboxylic acids is 1. The Balaban J connectivity index is 1.63. The van der Waals surface area contributed by atoms with Gasteiger partial charge in [0, 0.05) is 6.42 Å². The first-order chi connectivity index (χ1) is 9.65. The molecule has 3 rings (SSSR count). The molecule has 4 heteroatoms. The Morgan fingerprint density at radius 2 is 2.25 bits per heavy atom. The molecule has 104 valence electrons. The van der Waals surface area contributed by atoms with Crippen molar-refractivity contribution in [3.63, 3.8) is 0 Å². The second-order valence-electron chi connectivity index (χ2n) is 5.99. The van der Waals surface area contributed by atoms with E-state index in [1.54, 1.807) is 0 Å². The Morgan fingerprint density at radius 3 is 2.90 bits per heavy atom. The summed E-state index contributed by atoms with van der Waals surface area (Å²) in [5.41, 5.74) is 0.577. The van der Waals surface area contributed by atoms with Crippen LogP contribution >= 0.6 is 0 Å². The number of carbonyl (C=O) groups is 1. The predicted octanol–water partition coefficient (Wildman–Crippen LogP) is 3.46. The van der Waals surface area contributed by atoms with Gasteiger partial charge in [-0.25, -0.2) is 4.39 Å². The Labute approximate surface area is 117 Å². The van der Waals surface area contributed by atoms with Crippen molar-refractivity contribution in [1.82, 2.24) is 0 Å². The molecule has 2 saturated carbocycles. The number of halogens is 1. The Morgan fingerprint density at radius 1 is 1.40 bits per heavy atom. The van der Waals surface area contributed by atoms with Gasteiger partial charge in [-0.1, -0.05) is 6.42 Å². The third kappa shape index (κ3) is 2.53. The quantitative estimate of drug-likeness (QED) is 0.916. The minimum Gasteiger partial charge on any atom is -0.325 e. The van der Waals surface area contributed by atoms with E-state index in [0.29, 0.717) is 23.9 Å². The number of benzene rings is 1. The highest BCUT2D eigenvalue weighted by Gasteiger charge is 2.40.